The van der Waals surface area contributed by atoms with Gasteiger partial charge in [-0.15, -0.1) is 0 Å². The summed E-state index contributed by atoms with van der Waals surface area (Å²) < 4.78 is 0. The van der Waals surface area contributed by atoms with Gasteiger partial charge in [-0.3, -0.25) is 4.90 Å². The van der Waals surface area contributed by atoms with Crippen LogP contribution in [0.2, 0.25) is 0 Å². The molecule has 1 fully saturated rings. The van der Waals surface area contributed by atoms with Crippen molar-refractivity contribution in [3.63, 3.8) is 0 Å². The van der Waals surface area contributed by atoms with Crippen LogP contribution in [-0.4, -0.2) is 61.7 Å². The lowest BCUT2D eigenvalue weighted by atomic mass is 10.1. The number of likely N-dealkylation sites (N-methyl/N-ethyl adjacent to an activating group) is 1. The Morgan fingerprint density at radius 2 is 2.00 bits per heavy atom. The van der Waals surface area contributed by atoms with E-state index in [0.29, 0.717) is 0 Å². The van der Waals surface area contributed by atoms with Gasteiger partial charge in [0.15, 0.2) is 0 Å². The summed E-state index contributed by atoms with van der Waals surface area (Å²) in [5.41, 5.74) is 0.246. The maximum Gasteiger partial charge on any atom is 0.0221 e. The van der Waals surface area contributed by atoms with Crippen LogP contribution in [0.5, 0.6) is 0 Å². The number of hydrogen-bond donors (Lipinski definition) is 1. The summed E-state index contributed by atoms with van der Waals surface area (Å²) in [6.07, 6.45) is 2.72. The Morgan fingerprint density at radius 1 is 1.31 bits per heavy atom. The molecule has 1 atom stereocenters. The van der Waals surface area contributed by atoms with Crippen molar-refractivity contribution in [3.8, 4) is 0 Å². The Labute approximate surface area is 101 Å². The van der Waals surface area contributed by atoms with E-state index in [2.05, 4.69) is 50.0 Å². The summed E-state index contributed by atoms with van der Waals surface area (Å²) in [5, 5.41) is 3.63. The highest BCUT2D eigenvalue weighted by molar-refractivity contribution is 4.84. The molecule has 1 N–H and O–H groups in total. The van der Waals surface area contributed by atoms with E-state index in [4.69, 9.17) is 0 Å². The van der Waals surface area contributed by atoms with Crippen molar-refractivity contribution < 1.29 is 0 Å². The second kappa shape index (κ2) is 5.99. The first-order valence-corrected chi connectivity index (χ1v) is 6.52. The van der Waals surface area contributed by atoms with Crippen LogP contribution >= 0.6 is 0 Å². The van der Waals surface area contributed by atoms with Crippen LogP contribution in [0.25, 0.3) is 0 Å². The standard InChI is InChI=1S/C13H29N3/c1-13(2,3)14-11-12-7-6-8-16(12)10-9-15(4)5/h12,14H,6-11H2,1-5H3. The molecule has 1 rings (SSSR count). The highest BCUT2D eigenvalue weighted by Crippen LogP contribution is 2.16. The van der Waals surface area contributed by atoms with E-state index < -0.39 is 0 Å². The van der Waals surface area contributed by atoms with E-state index in [9.17, 15) is 0 Å². The van der Waals surface area contributed by atoms with E-state index in [0.717, 1.165) is 12.6 Å². The fourth-order valence-corrected chi connectivity index (χ4v) is 2.17. The fourth-order valence-electron chi connectivity index (χ4n) is 2.17. The van der Waals surface area contributed by atoms with Crippen LogP contribution in [0.3, 0.4) is 0 Å². The van der Waals surface area contributed by atoms with Crippen molar-refractivity contribution in [3.05, 3.63) is 0 Å². The van der Waals surface area contributed by atoms with Gasteiger partial charge in [-0.25, -0.2) is 0 Å². The normalized spacial score (nSPS) is 23.2. The lowest BCUT2D eigenvalue weighted by molar-refractivity contribution is 0.211. The van der Waals surface area contributed by atoms with Crippen LogP contribution in [-0.2, 0) is 0 Å². The SMILES string of the molecule is CN(C)CCN1CCCC1CNC(C)(C)C. The Bertz CT molecular complexity index is 196. The average Bonchev–Trinajstić information content (AvgIpc) is 2.57. The van der Waals surface area contributed by atoms with Crippen molar-refractivity contribution >= 4 is 0 Å². The summed E-state index contributed by atoms with van der Waals surface area (Å²) >= 11 is 0. The lowest BCUT2D eigenvalue weighted by Gasteiger charge is -2.29. The molecular weight excluding hydrogens is 198 g/mol. The lowest BCUT2D eigenvalue weighted by Crippen LogP contribution is -2.46. The van der Waals surface area contributed by atoms with E-state index >= 15 is 0 Å². The quantitative estimate of drug-likeness (QED) is 0.766. The molecular formula is C13H29N3. The third kappa shape index (κ3) is 5.28. The van der Waals surface area contributed by atoms with Gasteiger partial charge in [0.2, 0.25) is 0 Å². The third-order valence-electron chi connectivity index (χ3n) is 3.20. The summed E-state index contributed by atoms with van der Waals surface area (Å²) in [6.45, 7) is 11.5. The largest absolute Gasteiger partial charge is 0.311 e. The van der Waals surface area contributed by atoms with Gasteiger partial charge in [0, 0.05) is 31.2 Å². The second-order valence-corrected chi connectivity index (χ2v) is 6.27. The summed E-state index contributed by atoms with van der Waals surface area (Å²) in [6, 6.07) is 0.749. The van der Waals surface area contributed by atoms with Crippen molar-refractivity contribution in [1.29, 1.82) is 0 Å². The van der Waals surface area contributed by atoms with Gasteiger partial charge in [0.05, 0.1) is 0 Å². The maximum atomic E-state index is 3.63. The van der Waals surface area contributed by atoms with Gasteiger partial charge >= 0.3 is 0 Å². The van der Waals surface area contributed by atoms with E-state index in [1.165, 1.54) is 32.5 Å². The van der Waals surface area contributed by atoms with E-state index in [1.54, 1.807) is 0 Å². The van der Waals surface area contributed by atoms with Crippen LogP contribution in [0, 0.1) is 0 Å². The van der Waals surface area contributed by atoms with Crippen molar-refractivity contribution in [2.45, 2.75) is 45.2 Å². The van der Waals surface area contributed by atoms with E-state index in [-0.39, 0.29) is 5.54 Å². The number of likely N-dealkylation sites (tertiary alicyclic amines) is 1. The zero-order valence-corrected chi connectivity index (χ0v) is 11.7. The first-order valence-electron chi connectivity index (χ1n) is 6.52. The molecule has 0 spiro atoms. The Kier molecular flexibility index (Phi) is 5.22. The Morgan fingerprint density at radius 3 is 2.56 bits per heavy atom. The molecule has 0 aromatic heterocycles. The molecule has 0 aliphatic carbocycles. The Balaban J connectivity index is 2.29. The number of rotatable bonds is 5. The molecule has 0 bridgehead atoms. The molecule has 1 saturated heterocycles. The van der Waals surface area contributed by atoms with Gasteiger partial charge in [0.25, 0.3) is 0 Å². The predicted molar refractivity (Wildman–Crippen MR) is 70.9 cm³/mol. The molecule has 96 valence electrons. The summed E-state index contributed by atoms with van der Waals surface area (Å²) in [5.74, 6) is 0. The van der Waals surface area contributed by atoms with Crippen molar-refractivity contribution in [2.24, 2.45) is 0 Å². The maximum absolute atomic E-state index is 3.63. The molecule has 0 aromatic carbocycles. The predicted octanol–water partition coefficient (Wildman–Crippen LogP) is 1.40. The van der Waals surface area contributed by atoms with E-state index in [1.807, 2.05) is 0 Å². The first-order chi connectivity index (χ1) is 7.38. The summed E-state index contributed by atoms with van der Waals surface area (Å²) in [7, 11) is 4.30. The van der Waals surface area contributed by atoms with Crippen molar-refractivity contribution in [2.75, 3.05) is 40.3 Å². The number of nitrogens with one attached hydrogen (secondary N) is 1. The van der Waals surface area contributed by atoms with Gasteiger partial charge in [-0.2, -0.15) is 0 Å². The van der Waals surface area contributed by atoms with Gasteiger partial charge in [-0.05, 0) is 54.3 Å². The molecule has 0 radical (unpaired) electrons. The van der Waals surface area contributed by atoms with Gasteiger partial charge < -0.3 is 10.2 Å². The number of nitrogens with zero attached hydrogens (tertiary/aromatic N) is 2. The minimum atomic E-state index is 0.246. The zero-order valence-electron chi connectivity index (χ0n) is 11.7. The first kappa shape index (κ1) is 13.9. The summed E-state index contributed by atoms with van der Waals surface area (Å²) in [4.78, 5) is 4.91. The highest BCUT2D eigenvalue weighted by atomic mass is 15.2. The van der Waals surface area contributed by atoms with Gasteiger partial charge in [-0.1, -0.05) is 0 Å². The Hall–Kier alpha value is -0.120. The molecule has 1 aliphatic heterocycles. The average molecular weight is 227 g/mol. The molecule has 3 heteroatoms. The second-order valence-electron chi connectivity index (χ2n) is 6.27. The smallest absolute Gasteiger partial charge is 0.0221 e. The van der Waals surface area contributed by atoms with Gasteiger partial charge in [0.1, 0.15) is 0 Å². The molecule has 1 heterocycles. The van der Waals surface area contributed by atoms with Crippen LogP contribution < -0.4 is 5.32 Å². The molecule has 0 aromatic rings. The minimum Gasteiger partial charge on any atom is -0.311 e. The molecule has 0 amide bonds. The van der Waals surface area contributed by atoms with Crippen LogP contribution in [0.1, 0.15) is 33.6 Å². The molecule has 16 heavy (non-hydrogen) atoms. The third-order valence-corrected chi connectivity index (χ3v) is 3.20. The zero-order chi connectivity index (χ0) is 12.2. The molecule has 1 aliphatic rings. The fraction of sp³-hybridized carbons (Fsp3) is 1.00. The monoisotopic (exact) mass is 227 g/mol. The topological polar surface area (TPSA) is 18.5 Å². The molecule has 0 saturated carbocycles. The minimum absolute atomic E-state index is 0.246. The molecule has 1 unspecified atom stereocenters. The van der Waals surface area contributed by atoms with Crippen LogP contribution in [0.4, 0.5) is 0 Å². The molecule has 3 nitrogen and oxygen atoms in total. The highest BCUT2D eigenvalue weighted by Gasteiger charge is 2.25. The van der Waals surface area contributed by atoms with Crippen molar-refractivity contribution in [1.82, 2.24) is 15.1 Å². The number of hydrogen-bond acceptors (Lipinski definition) is 3. The van der Waals surface area contributed by atoms with Crippen LogP contribution in [0.15, 0.2) is 0 Å².